The minimum atomic E-state index is -0.575. The van der Waals surface area contributed by atoms with E-state index in [1.54, 1.807) is 24.5 Å². The Morgan fingerprint density at radius 1 is 0.682 bits per heavy atom. The van der Waals surface area contributed by atoms with Crippen molar-refractivity contribution in [1.29, 1.82) is 0 Å². The maximum atomic E-state index is 13.7. The summed E-state index contributed by atoms with van der Waals surface area (Å²) in [7, 11) is 1.96. The molecular formula is C32H22F2N10. The Kier molecular flexibility index (Phi) is 5.86. The third-order valence-corrected chi connectivity index (χ3v) is 7.60. The van der Waals surface area contributed by atoms with Gasteiger partial charge in [-0.15, -0.1) is 0 Å². The highest BCUT2D eigenvalue weighted by molar-refractivity contribution is 6.09. The molecule has 0 bridgehead atoms. The standard InChI is InChI=1S/C32H22F2N10/c1-43-24-11-14-36-22(30(24)20-6-8-28(41-31(20)43)40-29-15-18(33)9-13-37-29)17-44-23-10-12-35-16-21(23)19-5-7-27(42-32(19)44)39-26-4-2-3-25(34)38-26/h2-16H,17H2,1H3,(H,37,40,41)(H,38,39,42). The molecule has 0 atom stereocenters. The molecule has 0 aliphatic carbocycles. The summed E-state index contributed by atoms with van der Waals surface area (Å²) in [5.41, 5.74) is 4.23. The van der Waals surface area contributed by atoms with Crippen LogP contribution in [-0.2, 0) is 13.6 Å². The fourth-order valence-corrected chi connectivity index (χ4v) is 5.67. The number of halogens is 2. The summed E-state index contributed by atoms with van der Waals surface area (Å²) < 4.78 is 31.6. The fraction of sp³-hybridized carbons (Fsp3) is 0.0625. The third-order valence-electron chi connectivity index (χ3n) is 7.60. The first kappa shape index (κ1) is 25.7. The van der Waals surface area contributed by atoms with Crippen LogP contribution in [0.4, 0.5) is 32.1 Å². The molecule has 0 amide bonds. The van der Waals surface area contributed by atoms with Crippen molar-refractivity contribution >= 4 is 67.1 Å². The van der Waals surface area contributed by atoms with E-state index in [4.69, 9.17) is 15.0 Å². The highest BCUT2D eigenvalue weighted by atomic mass is 19.1. The summed E-state index contributed by atoms with van der Waals surface area (Å²) >= 11 is 0. The van der Waals surface area contributed by atoms with Crippen molar-refractivity contribution in [3.63, 3.8) is 0 Å². The molecule has 0 saturated heterocycles. The molecule has 2 N–H and O–H groups in total. The van der Waals surface area contributed by atoms with Crippen LogP contribution >= 0.6 is 0 Å². The highest BCUT2D eigenvalue weighted by Crippen LogP contribution is 2.34. The van der Waals surface area contributed by atoms with Gasteiger partial charge in [-0.05, 0) is 54.6 Å². The molecule has 8 rings (SSSR count). The lowest BCUT2D eigenvalue weighted by atomic mass is 10.1. The predicted octanol–water partition coefficient (Wildman–Crippen LogP) is 6.62. The van der Waals surface area contributed by atoms with Crippen LogP contribution < -0.4 is 10.6 Å². The molecule has 0 aromatic carbocycles. The average Bonchev–Trinajstić information content (AvgIpc) is 3.49. The first-order valence-corrected chi connectivity index (χ1v) is 13.8. The zero-order valence-corrected chi connectivity index (χ0v) is 23.2. The molecule has 12 heteroatoms. The van der Waals surface area contributed by atoms with Gasteiger partial charge in [-0.1, -0.05) is 6.07 Å². The molecule has 8 heterocycles. The number of aromatic nitrogens is 8. The topological polar surface area (TPSA) is 111 Å². The van der Waals surface area contributed by atoms with E-state index < -0.39 is 5.95 Å². The fourth-order valence-electron chi connectivity index (χ4n) is 5.67. The van der Waals surface area contributed by atoms with E-state index in [1.165, 1.54) is 24.4 Å². The van der Waals surface area contributed by atoms with Gasteiger partial charge in [0.2, 0.25) is 5.95 Å². The molecule has 0 aliphatic heterocycles. The molecule has 0 radical (unpaired) electrons. The van der Waals surface area contributed by atoms with Gasteiger partial charge in [0.25, 0.3) is 0 Å². The summed E-state index contributed by atoms with van der Waals surface area (Å²) in [5.74, 6) is 0.844. The summed E-state index contributed by atoms with van der Waals surface area (Å²) in [6.07, 6.45) is 6.78. The molecule has 0 spiro atoms. The van der Waals surface area contributed by atoms with Gasteiger partial charge in [0.15, 0.2) is 0 Å². The molecule has 8 aromatic rings. The second-order valence-corrected chi connectivity index (χ2v) is 10.3. The van der Waals surface area contributed by atoms with Crippen LogP contribution in [0.1, 0.15) is 5.69 Å². The quantitative estimate of drug-likeness (QED) is 0.210. The number of hydrogen-bond acceptors (Lipinski definition) is 8. The average molecular weight is 585 g/mol. The summed E-state index contributed by atoms with van der Waals surface area (Å²) in [5, 5.41) is 9.97. The van der Waals surface area contributed by atoms with E-state index in [0.717, 1.165) is 49.6 Å². The summed E-state index contributed by atoms with van der Waals surface area (Å²) in [4.78, 5) is 27.0. The van der Waals surface area contributed by atoms with Gasteiger partial charge in [0.1, 0.15) is 40.4 Å². The number of pyridine rings is 6. The molecule has 0 saturated carbocycles. The number of rotatable bonds is 6. The zero-order valence-electron chi connectivity index (χ0n) is 23.2. The van der Waals surface area contributed by atoms with Gasteiger partial charge < -0.3 is 19.8 Å². The minimum Gasteiger partial charge on any atom is -0.328 e. The molecule has 214 valence electrons. The van der Waals surface area contributed by atoms with E-state index in [2.05, 4.69) is 30.2 Å². The lowest BCUT2D eigenvalue weighted by Crippen LogP contribution is -2.04. The van der Waals surface area contributed by atoms with Crippen LogP contribution in [0.3, 0.4) is 0 Å². The van der Waals surface area contributed by atoms with Gasteiger partial charge in [-0.2, -0.15) is 4.39 Å². The van der Waals surface area contributed by atoms with Crippen LogP contribution in [0.5, 0.6) is 0 Å². The Morgan fingerprint density at radius 3 is 2.27 bits per heavy atom. The van der Waals surface area contributed by atoms with Crippen LogP contribution in [-0.4, -0.2) is 39.0 Å². The maximum absolute atomic E-state index is 13.7. The Morgan fingerprint density at radius 2 is 1.43 bits per heavy atom. The van der Waals surface area contributed by atoms with Crippen molar-refractivity contribution in [2.75, 3.05) is 10.6 Å². The molecule has 0 unspecified atom stereocenters. The first-order valence-electron chi connectivity index (χ1n) is 13.8. The monoisotopic (exact) mass is 584 g/mol. The number of anilines is 4. The number of hydrogen-bond donors (Lipinski definition) is 2. The zero-order chi connectivity index (χ0) is 29.8. The van der Waals surface area contributed by atoms with Crippen molar-refractivity contribution < 1.29 is 8.78 Å². The summed E-state index contributed by atoms with van der Waals surface area (Å²) in [6.45, 7) is 0.419. The number of nitrogens with one attached hydrogen (secondary N) is 2. The third kappa shape index (κ3) is 4.31. The lowest BCUT2D eigenvalue weighted by molar-refractivity contribution is 0.585. The Labute approximate surface area is 248 Å². The first-order chi connectivity index (χ1) is 21.5. The number of aryl methyl sites for hydroxylation is 1. The Hall–Kier alpha value is -6.04. The van der Waals surface area contributed by atoms with Crippen LogP contribution in [0.15, 0.2) is 91.5 Å². The van der Waals surface area contributed by atoms with Crippen LogP contribution in [0.25, 0.3) is 43.9 Å². The second-order valence-electron chi connectivity index (χ2n) is 10.3. The largest absolute Gasteiger partial charge is 0.328 e. The second kappa shape index (κ2) is 10.1. The SMILES string of the molecule is Cn1c2ccnc(Cn3c4ccncc4c4ccc(Nc5cccc(F)n5)nc43)c2c2ccc(Nc3cc(F)ccn3)nc21. The van der Waals surface area contributed by atoms with Crippen molar-refractivity contribution in [2.45, 2.75) is 6.54 Å². The number of nitrogens with zero attached hydrogens (tertiary/aromatic N) is 8. The molecule has 44 heavy (non-hydrogen) atoms. The van der Waals surface area contributed by atoms with Gasteiger partial charge in [0.05, 0.1) is 23.3 Å². The van der Waals surface area contributed by atoms with Crippen LogP contribution in [0.2, 0.25) is 0 Å². The Bertz CT molecular complexity index is 2380. The maximum Gasteiger partial charge on any atom is 0.214 e. The van der Waals surface area contributed by atoms with E-state index in [9.17, 15) is 8.78 Å². The molecule has 0 fully saturated rings. The molecule has 8 aromatic heterocycles. The van der Waals surface area contributed by atoms with Crippen molar-refractivity contribution in [3.8, 4) is 0 Å². The lowest BCUT2D eigenvalue weighted by Gasteiger charge is -2.10. The van der Waals surface area contributed by atoms with Crippen molar-refractivity contribution in [1.82, 2.24) is 39.0 Å². The minimum absolute atomic E-state index is 0.359. The summed E-state index contributed by atoms with van der Waals surface area (Å²) in [6, 6.07) is 18.7. The molecular weight excluding hydrogens is 562 g/mol. The van der Waals surface area contributed by atoms with Crippen molar-refractivity contribution in [3.05, 3.63) is 109 Å². The van der Waals surface area contributed by atoms with Gasteiger partial charge in [0, 0.05) is 59.4 Å². The van der Waals surface area contributed by atoms with Crippen molar-refractivity contribution in [2.24, 2.45) is 7.05 Å². The van der Waals surface area contributed by atoms with Gasteiger partial charge >= 0.3 is 0 Å². The van der Waals surface area contributed by atoms with Gasteiger partial charge in [-0.25, -0.2) is 24.3 Å². The van der Waals surface area contributed by atoms with Crippen LogP contribution in [0, 0.1) is 11.8 Å². The number of fused-ring (bicyclic) bond motifs is 6. The van der Waals surface area contributed by atoms with Gasteiger partial charge in [-0.3, -0.25) is 9.97 Å². The van der Waals surface area contributed by atoms with E-state index in [0.29, 0.717) is 29.8 Å². The predicted molar refractivity (Wildman–Crippen MR) is 165 cm³/mol. The smallest absolute Gasteiger partial charge is 0.214 e. The van der Waals surface area contributed by atoms with E-state index >= 15 is 0 Å². The molecule has 10 nitrogen and oxygen atoms in total. The highest BCUT2D eigenvalue weighted by Gasteiger charge is 2.19. The normalized spacial score (nSPS) is 11.6. The Balaban J connectivity index is 1.24. The molecule has 0 aliphatic rings. The van der Waals surface area contributed by atoms with E-state index in [-0.39, 0.29) is 5.82 Å². The van der Waals surface area contributed by atoms with E-state index in [1.807, 2.05) is 54.2 Å².